The zero-order valence-corrected chi connectivity index (χ0v) is 8.80. The van der Waals surface area contributed by atoms with E-state index < -0.39 is 0 Å². The van der Waals surface area contributed by atoms with Crippen molar-refractivity contribution in [1.29, 1.82) is 0 Å². The van der Waals surface area contributed by atoms with Gasteiger partial charge in [-0.2, -0.15) is 0 Å². The van der Waals surface area contributed by atoms with Gasteiger partial charge in [-0.05, 0) is 25.7 Å². The standard InChI is InChI=1S/C10H18N2O2/c1-7(13)11-9-4-3-5-10(6-9)12-8(2)14/h9-10H,3-6H2,1-2H3,(H,11,13)(H,12,14). The maximum absolute atomic E-state index is 10.8. The van der Waals surface area contributed by atoms with E-state index in [2.05, 4.69) is 10.6 Å². The van der Waals surface area contributed by atoms with Gasteiger partial charge in [-0.1, -0.05) is 0 Å². The van der Waals surface area contributed by atoms with E-state index in [4.69, 9.17) is 0 Å². The van der Waals surface area contributed by atoms with Crippen LogP contribution in [0, 0.1) is 0 Å². The summed E-state index contributed by atoms with van der Waals surface area (Å²) in [4.78, 5) is 21.7. The van der Waals surface area contributed by atoms with Crippen molar-refractivity contribution < 1.29 is 9.59 Å². The first-order valence-corrected chi connectivity index (χ1v) is 5.12. The second kappa shape index (κ2) is 4.98. The second-order valence-electron chi connectivity index (χ2n) is 3.96. The van der Waals surface area contributed by atoms with Crippen LogP contribution in [0.15, 0.2) is 0 Å². The maximum Gasteiger partial charge on any atom is 0.217 e. The molecule has 0 aliphatic heterocycles. The lowest BCUT2D eigenvalue weighted by Gasteiger charge is -2.29. The molecule has 0 aromatic rings. The molecule has 2 amide bonds. The van der Waals surface area contributed by atoms with E-state index >= 15 is 0 Å². The van der Waals surface area contributed by atoms with Gasteiger partial charge in [0.05, 0.1) is 0 Å². The molecule has 2 N–H and O–H groups in total. The molecule has 0 aromatic carbocycles. The minimum absolute atomic E-state index is 0.0125. The molecule has 4 heteroatoms. The zero-order valence-electron chi connectivity index (χ0n) is 8.80. The lowest BCUT2D eigenvalue weighted by molar-refractivity contribution is -0.120. The third kappa shape index (κ3) is 3.77. The first kappa shape index (κ1) is 11.0. The summed E-state index contributed by atoms with van der Waals surface area (Å²) in [5.74, 6) is 0.0250. The van der Waals surface area contributed by atoms with E-state index in [-0.39, 0.29) is 23.9 Å². The summed E-state index contributed by atoms with van der Waals surface area (Å²) in [6.45, 7) is 3.06. The largest absolute Gasteiger partial charge is 0.354 e. The molecule has 80 valence electrons. The normalized spacial score (nSPS) is 26.7. The average molecular weight is 198 g/mol. The number of carbonyl (C=O) groups excluding carboxylic acids is 2. The first-order chi connectivity index (χ1) is 6.58. The Labute approximate surface area is 84.4 Å². The minimum atomic E-state index is 0.0125. The SMILES string of the molecule is CC(=O)NC1CCCC(NC(C)=O)C1. The molecule has 0 bridgehead atoms. The molecule has 1 aliphatic carbocycles. The summed E-state index contributed by atoms with van der Waals surface area (Å²) in [5.41, 5.74) is 0. The highest BCUT2D eigenvalue weighted by Crippen LogP contribution is 2.18. The number of hydrogen-bond donors (Lipinski definition) is 2. The van der Waals surface area contributed by atoms with E-state index in [1.54, 1.807) is 0 Å². The number of hydrogen-bond acceptors (Lipinski definition) is 2. The first-order valence-electron chi connectivity index (χ1n) is 5.12. The molecule has 1 saturated carbocycles. The molecular weight excluding hydrogens is 180 g/mol. The van der Waals surface area contributed by atoms with Gasteiger partial charge < -0.3 is 10.6 Å². The Morgan fingerprint density at radius 1 is 1.00 bits per heavy atom. The van der Waals surface area contributed by atoms with Crippen molar-refractivity contribution in [2.75, 3.05) is 0 Å². The molecular formula is C10H18N2O2. The number of nitrogens with one attached hydrogen (secondary N) is 2. The van der Waals surface area contributed by atoms with Crippen molar-refractivity contribution >= 4 is 11.8 Å². The highest BCUT2D eigenvalue weighted by Gasteiger charge is 2.22. The van der Waals surface area contributed by atoms with Gasteiger partial charge >= 0.3 is 0 Å². The Balaban J connectivity index is 2.35. The smallest absolute Gasteiger partial charge is 0.217 e. The lowest BCUT2D eigenvalue weighted by atomic mass is 9.91. The molecule has 2 atom stereocenters. The topological polar surface area (TPSA) is 58.2 Å². The molecule has 0 aromatic heterocycles. The van der Waals surface area contributed by atoms with Crippen LogP contribution >= 0.6 is 0 Å². The molecule has 1 fully saturated rings. The summed E-state index contributed by atoms with van der Waals surface area (Å²) >= 11 is 0. The molecule has 0 saturated heterocycles. The van der Waals surface area contributed by atoms with Crippen LogP contribution in [0.3, 0.4) is 0 Å². The molecule has 0 spiro atoms. The third-order valence-electron chi connectivity index (χ3n) is 2.49. The summed E-state index contributed by atoms with van der Waals surface area (Å²) in [6.07, 6.45) is 3.97. The van der Waals surface area contributed by atoms with Crippen molar-refractivity contribution in [2.24, 2.45) is 0 Å². The fourth-order valence-electron chi connectivity index (χ4n) is 2.03. The van der Waals surface area contributed by atoms with Crippen molar-refractivity contribution in [3.63, 3.8) is 0 Å². The predicted octanol–water partition coefficient (Wildman–Crippen LogP) is 0.570. The molecule has 4 nitrogen and oxygen atoms in total. The van der Waals surface area contributed by atoms with Crippen LogP contribution < -0.4 is 10.6 Å². The fourth-order valence-corrected chi connectivity index (χ4v) is 2.03. The van der Waals surface area contributed by atoms with Gasteiger partial charge in [0.2, 0.25) is 11.8 Å². The Morgan fingerprint density at radius 3 is 1.79 bits per heavy atom. The Kier molecular flexibility index (Phi) is 3.92. The molecule has 2 unspecified atom stereocenters. The maximum atomic E-state index is 10.8. The fraction of sp³-hybridized carbons (Fsp3) is 0.800. The van der Waals surface area contributed by atoms with Crippen LogP contribution in [0.5, 0.6) is 0 Å². The molecule has 14 heavy (non-hydrogen) atoms. The van der Waals surface area contributed by atoms with Gasteiger partial charge in [-0.15, -0.1) is 0 Å². The third-order valence-corrected chi connectivity index (χ3v) is 2.49. The van der Waals surface area contributed by atoms with Gasteiger partial charge in [0.15, 0.2) is 0 Å². The van der Waals surface area contributed by atoms with Gasteiger partial charge in [-0.25, -0.2) is 0 Å². The average Bonchev–Trinajstić information content (AvgIpc) is 2.01. The summed E-state index contributed by atoms with van der Waals surface area (Å²) < 4.78 is 0. The highest BCUT2D eigenvalue weighted by molar-refractivity contribution is 5.74. The Bertz CT molecular complexity index is 206. The number of amides is 2. The molecule has 0 heterocycles. The van der Waals surface area contributed by atoms with E-state index in [9.17, 15) is 9.59 Å². The van der Waals surface area contributed by atoms with Crippen LogP contribution in [0.2, 0.25) is 0 Å². The van der Waals surface area contributed by atoms with Crippen LogP contribution in [-0.2, 0) is 9.59 Å². The van der Waals surface area contributed by atoms with Crippen molar-refractivity contribution in [3.8, 4) is 0 Å². The highest BCUT2D eigenvalue weighted by atomic mass is 16.2. The van der Waals surface area contributed by atoms with Gasteiger partial charge in [0.1, 0.15) is 0 Å². The van der Waals surface area contributed by atoms with Crippen LogP contribution in [-0.4, -0.2) is 23.9 Å². The van der Waals surface area contributed by atoms with Crippen LogP contribution in [0.4, 0.5) is 0 Å². The van der Waals surface area contributed by atoms with Crippen molar-refractivity contribution in [2.45, 2.75) is 51.6 Å². The molecule has 0 radical (unpaired) electrons. The minimum Gasteiger partial charge on any atom is -0.354 e. The molecule has 1 aliphatic rings. The Morgan fingerprint density at radius 2 is 1.43 bits per heavy atom. The van der Waals surface area contributed by atoms with E-state index in [1.165, 1.54) is 13.8 Å². The second-order valence-corrected chi connectivity index (χ2v) is 3.96. The van der Waals surface area contributed by atoms with Gasteiger partial charge in [0, 0.05) is 25.9 Å². The zero-order chi connectivity index (χ0) is 10.6. The summed E-state index contributed by atoms with van der Waals surface area (Å²) in [7, 11) is 0. The number of rotatable bonds is 2. The van der Waals surface area contributed by atoms with E-state index in [0.717, 1.165) is 25.7 Å². The van der Waals surface area contributed by atoms with Crippen molar-refractivity contribution in [3.05, 3.63) is 0 Å². The van der Waals surface area contributed by atoms with Crippen molar-refractivity contribution in [1.82, 2.24) is 10.6 Å². The van der Waals surface area contributed by atoms with E-state index in [1.807, 2.05) is 0 Å². The van der Waals surface area contributed by atoms with Gasteiger partial charge in [-0.3, -0.25) is 9.59 Å². The predicted molar refractivity (Wildman–Crippen MR) is 53.7 cm³/mol. The van der Waals surface area contributed by atoms with Crippen LogP contribution in [0.1, 0.15) is 39.5 Å². The lowest BCUT2D eigenvalue weighted by Crippen LogP contribution is -2.44. The quantitative estimate of drug-likeness (QED) is 0.681. The van der Waals surface area contributed by atoms with Gasteiger partial charge in [0.25, 0.3) is 0 Å². The van der Waals surface area contributed by atoms with E-state index in [0.29, 0.717) is 0 Å². The number of carbonyl (C=O) groups is 2. The molecule has 1 rings (SSSR count). The monoisotopic (exact) mass is 198 g/mol. The summed E-state index contributed by atoms with van der Waals surface area (Å²) in [6, 6.07) is 0.469. The van der Waals surface area contributed by atoms with Crippen LogP contribution in [0.25, 0.3) is 0 Å². The Hall–Kier alpha value is -1.06. The summed E-state index contributed by atoms with van der Waals surface area (Å²) in [5, 5.41) is 5.79.